The second kappa shape index (κ2) is 10.7. The van der Waals surface area contributed by atoms with E-state index in [1.807, 2.05) is 26.8 Å². The highest BCUT2D eigenvalue weighted by molar-refractivity contribution is 6.30. The fraction of sp³-hybridized carbons (Fsp3) is 0.750. The first-order chi connectivity index (χ1) is 17.6. The Morgan fingerprint density at radius 1 is 0.921 bits per heavy atom. The van der Waals surface area contributed by atoms with Crippen LogP contribution in [0, 0.1) is 16.7 Å². The van der Waals surface area contributed by atoms with Crippen LogP contribution in [0.4, 0.5) is 5.69 Å². The lowest BCUT2D eigenvalue weighted by molar-refractivity contribution is -0.146. The molecule has 1 saturated carbocycles. The first kappa shape index (κ1) is 29.2. The lowest BCUT2D eigenvalue weighted by Crippen LogP contribution is -2.54. The van der Waals surface area contributed by atoms with Gasteiger partial charge < -0.3 is 14.7 Å². The molecule has 3 aliphatic rings. The molecule has 0 spiro atoms. The van der Waals surface area contributed by atoms with E-state index < -0.39 is 5.41 Å². The molecule has 0 N–H and O–H groups in total. The highest BCUT2D eigenvalue weighted by Crippen LogP contribution is 2.40. The largest absolute Gasteiger partial charge is 0.370 e. The molecule has 4 rings (SSSR count). The lowest BCUT2D eigenvalue weighted by Gasteiger charge is -2.45. The molecule has 3 fully saturated rings. The second-order valence-electron chi connectivity index (χ2n) is 14.9. The van der Waals surface area contributed by atoms with Gasteiger partial charge in [0.15, 0.2) is 0 Å². The summed E-state index contributed by atoms with van der Waals surface area (Å²) in [5, 5.41) is 0.754. The first-order valence-corrected chi connectivity index (χ1v) is 15.1. The van der Waals surface area contributed by atoms with Crippen molar-refractivity contribution in [3.63, 3.8) is 0 Å². The van der Waals surface area contributed by atoms with Crippen LogP contribution in [-0.2, 0) is 15.0 Å². The van der Waals surface area contributed by atoms with Crippen LogP contribution in [0.2, 0.25) is 5.02 Å². The number of rotatable bonds is 4. The zero-order valence-electron chi connectivity index (χ0n) is 25.1. The quantitative estimate of drug-likeness (QED) is 0.414. The molecule has 1 aromatic rings. The van der Waals surface area contributed by atoms with Crippen molar-refractivity contribution in [3.8, 4) is 0 Å². The van der Waals surface area contributed by atoms with Gasteiger partial charge in [-0.1, -0.05) is 67.0 Å². The molecule has 2 atom stereocenters. The summed E-state index contributed by atoms with van der Waals surface area (Å²) in [6.45, 7) is 20.5. The predicted molar refractivity (Wildman–Crippen MR) is 158 cm³/mol. The van der Waals surface area contributed by atoms with Crippen LogP contribution in [-0.4, -0.2) is 59.9 Å². The van der Waals surface area contributed by atoms with E-state index in [-0.39, 0.29) is 35.2 Å². The zero-order valence-corrected chi connectivity index (χ0v) is 25.8. The number of anilines is 1. The standard InChI is InChI=1S/C32H50ClN3O2/c1-30(2,3)26-19-23(33)9-10-27(26)34-17-13-22(20-34)28(37)35-18-14-25(21-35)36(29(38)31(4,5)6)24-11-15-32(7,8)16-12-24/h9-10,19,22,24-25H,11-18,20-21H2,1-8H3/t22-,25-/m0/s1. The van der Waals surface area contributed by atoms with Crippen molar-refractivity contribution in [2.45, 2.75) is 111 Å². The molecule has 2 heterocycles. The smallest absolute Gasteiger partial charge is 0.228 e. The van der Waals surface area contributed by atoms with Crippen LogP contribution >= 0.6 is 11.6 Å². The molecule has 0 bridgehead atoms. The third-order valence-electron chi connectivity index (χ3n) is 9.09. The molecule has 5 nitrogen and oxygen atoms in total. The van der Waals surface area contributed by atoms with Gasteiger partial charge in [0.1, 0.15) is 0 Å². The van der Waals surface area contributed by atoms with Gasteiger partial charge in [0.05, 0.1) is 12.0 Å². The van der Waals surface area contributed by atoms with Gasteiger partial charge in [0.25, 0.3) is 0 Å². The Labute approximate surface area is 236 Å². The minimum atomic E-state index is -0.417. The van der Waals surface area contributed by atoms with E-state index >= 15 is 0 Å². The summed E-state index contributed by atoms with van der Waals surface area (Å²) in [6.07, 6.45) is 6.19. The molecular weight excluding hydrogens is 494 g/mol. The molecule has 0 radical (unpaired) electrons. The predicted octanol–water partition coefficient (Wildman–Crippen LogP) is 6.91. The van der Waals surface area contributed by atoms with Gasteiger partial charge in [-0.15, -0.1) is 0 Å². The third kappa shape index (κ3) is 6.35. The minimum Gasteiger partial charge on any atom is -0.370 e. The summed E-state index contributed by atoms with van der Waals surface area (Å²) in [4.78, 5) is 34.1. The molecule has 0 aromatic heterocycles. The van der Waals surface area contributed by atoms with Gasteiger partial charge in [-0.2, -0.15) is 0 Å². The van der Waals surface area contributed by atoms with E-state index in [0.29, 0.717) is 12.0 Å². The summed E-state index contributed by atoms with van der Waals surface area (Å²) >= 11 is 6.35. The van der Waals surface area contributed by atoms with Crippen molar-refractivity contribution in [2.24, 2.45) is 16.7 Å². The van der Waals surface area contributed by atoms with Crippen molar-refractivity contribution in [2.75, 3.05) is 31.1 Å². The van der Waals surface area contributed by atoms with Crippen molar-refractivity contribution in [1.82, 2.24) is 9.80 Å². The van der Waals surface area contributed by atoms with Crippen molar-refractivity contribution < 1.29 is 9.59 Å². The van der Waals surface area contributed by atoms with E-state index in [9.17, 15) is 9.59 Å². The van der Waals surface area contributed by atoms with Crippen LogP contribution < -0.4 is 4.90 Å². The first-order valence-electron chi connectivity index (χ1n) is 14.7. The van der Waals surface area contributed by atoms with E-state index in [1.54, 1.807) is 0 Å². The van der Waals surface area contributed by atoms with Gasteiger partial charge in [0, 0.05) is 48.3 Å². The summed E-state index contributed by atoms with van der Waals surface area (Å²) in [7, 11) is 0. The maximum Gasteiger partial charge on any atom is 0.228 e. The summed E-state index contributed by atoms with van der Waals surface area (Å²) in [5.74, 6) is 0.500. The van der Waals surface area contributed by atoms with Crippen LogP contribution in [0.5, 0.6) is 0 Å². The van der Waals surface area contributed by atoms with Crippen LogP contribution in [0.25, 0.3) is 0 Å². The summed E-state index contributed by atoms with van der Waals surface area (Å²) in [6, 6.07) is 6.56. The molecule has 38 heavy (non-hydrogen) atoms. The number of hydrogen-bond donors (Lipinski definition) is 0. The maximum atomic E-state index is 13.7. The van der Waals surface area contributed by atoms with E-state index in [1.165, 1.54) is 11.3 Å². The zero-order chi connectivity index (χ0) is 28.0. The Balaban J connectivity index is 1.45. The number of carbonyl (C=O) groups excluding carboxylic acids is 2. The topological polar surface area (TPSA) is 43.9 Å². The van der Waals surface area contributed by atoms with Gasteiger partial charge in [0.2, 0.25) is 11.8 Å². The van der Waals surface area contributed by atoms with Crippen LogP contribution in [0.3, 0.4) is 0 Å². The monoisotopic (exact) mass is 543 g/mol. The van der Waals surface area contributed by atoms with Crippen LogP contribution in [0.15, 0.2) is 18.2 Å². The van der Waals surface area contributed by atoms with E-state index in [4.69, 9.17) is 11.6 Å². The number of nitrogens with zero attached hydrogens (tertiary/aromatic N) is 3. The van der Waals surface area contributed by atoms with Gasteiger partial charge in [-0.3, -0.25) is 9.59 Å². The molecular formula is C32H50ClN3O2. The average molecular weight is 544 g/mol. The Kier molecular flexibility index (Phi) is 8.21. The van der Waals surface area contributed by atoms with Gasteiger partial charge >= 0.3 is 0 Å². The van der Waals surface area contributed by atoms with Crippen molar-refractivity contribution in [1.29, 1.82) is 0 Å². The molecule has 2 saturated heterocycles. The Morgan fingerprint density at radius 2 is 1.58 bits per heavy atom. The van der Waals surface area contributed by atoms with Crippen molar-refractivity contribution >= 4 is 29.1 Å². The van der Waals surface area contributed by atoms with Gasteiger partial charge in [-0.25, -0.2) is 0 Å². The number of carbonyl (C=O) groups is 2. The molecule has 212 valence electrons. The number of likely N-dealkylation sites (tertiary alicyclic amines) is 1. The fourth-order valence-electron chi connectivity index (χ4n) is 6.67. The highest BCUT2D eigenvalue weighted by atomic mass is 35.5. The molecule has 6 heteroatoms. The highest BCUT2D eigenvalue weighted by Gasteiger charge is 2.43. The third-order valence-corrected chi connectivity index (χ3v) is 9.33. The number of benzene rings is 1. The SMILES string of the molecule is CC1(C)CCC(N(C(=O)C(C)(C)C)[C@H]2CCN(C(=O)[C@H]3CCN(c4ccc(Cl)cc4C(C)(C)C)C3)C2)CC1. The summed E-state index contributed by atoms with van der Waals surface area (Å²) < 4.78 is 0. The molecule has 0 unspecified atom stereocenters. The Bertz CT molecular complexity index is 1030. The molecule has 1 aliphatic carbocycles. The Hall–Kier alpha value is -1.75. The Morgan fingerprint density at radius 3 is 2.18 bits per heavy atom. The normalized spacial score (nSPS) is 24.7. The molecule has 1 aromatic carbocycles. The minimum absolute atomic E-state index is 0.000469. The van der Waals surface area contributed by atoms with Gasteiger partial charge in [-0.05, 0) is 73.1 Å². The average Bonchev–Trinajstić information content (AvgIpc) is 3.49. The second-order valence-corrected chi connectivity index (χ2v) is 15.4. The molecule has 2 aliphatic heterocycles. The summed E-state index contributed by atoms with van der Waals surface area (Å²) in [5.41, 5.74) is 2.34. The molecule has 2 amide bonds. The van der Waals surface area contributed by atoms with Crippen LogP contribution in [0.1, 0.15) is 99.5 Å². The maximum absolute atomic E-state index is 13.7. The van der Waals surface area contributed by atoms with Crippen molar-refractivity contribution in [3.05, 3.63) is 28.8 Å². The number of halogens is 1. The fourth-order valence-corrected chi connectivity index (χ4v) is 6.84. The number of hydrogen-bond acceptors (Lipinski definition) is 3. The lowest BCUT2D eigenvalue weighted by atomic mass is 9.74. The van der Waals surface area contributed by atoms with E-state index in [0.717, 1.165) is 63.2 Å². The number of amides is 2. The van der Waals surface area contributed by atoms with E-state index in [2.05, 4.69) is 61.5 Å².